The number of carbonyl (C=O) groups excluding carboxylic acids is 2. The van der Waals surface area contributed by atoms with E-state index in [1.165, 1.54) is 0 Å². The Kier molecular flexibility index (Phi) is 7.67. The van der Waals surface area contributed by atoms with Crippen molar-refractivity contribution in [3.63, 3.8) is 0 Å². The second-order valence-corrected chi connectivity index (χ2v) is 8.29. The molecule has 1 atom stereocenters. The van der Waals surface area contributed by atoms with Crippen LogP contribution in [0.2, 0.25) is 0 Å². The molecular weight excluding hydrogens is 430 g/mol. The molecule has 178 valence electrons. The van der Waals surface area contributed by atoms with Gasteiger partial charge in [0.1, 0.15) is 6.04 Å². The zero-order valence-electron chi connectivity index (χ0n) is 18.7. The van der Waals surface area contributed by atoms with Gasteiger partial charge in [-0.25, -0.2) is 0 Å². The minimum Gasteiger partial charge on any atom is -0.481 e. The fourth-order valence-electron chi connectivity index (χ4n) is 3.89. The largest absolute Gasteiger partial charge is 0.481 e. The molecule has 4 N–H and O–H groups in total. The number of aromatic nitrogens is 1. The minimum atomic E-state index is -1.04. The van der Waals surface area contributed by atoms with E-state index in [4.69, 9.17) is 5.11 Å². The number of piperazine rings is 1. The van der Waals surface area contributed by atoms with Crippen LogP contribution >= 0.6 is 0 Å². The molecule has 0 spiro atoms. The molecule has 1 aromatic carbocycles. The van der Waals surface area contributed by atoms with Gasteiger partial charge in [-0.05, 0) is 12.1 Å². The number of hydrogen-bond acceptors (Lipinski definition) is 6. The van der Waals surface area contributed by atoms with Gasteiger partial charge in [0, 0.05) is 75.0 Å². The Morgan fingerprint density at radius 3 is 2.39 bits per heavy atom. The first-order chi connectivity index (χ1) is 15.7. The average molecular weight is 460 g/mol. The van der Waals surface area contributed by atoms with E-state index in [1.807, 2.05) is 9.80 Å². The van der Waals surface area contributed by atoms with Gasteiger partial charge in [-0.2, -0.15) is 0 Å². The number of H-pyrrole nitrogens is 1. The standard InChI is InChI=1S/C22H29N5O6/c1-25(2)19(29)13-26-7-9-27(10-8-26)21(22(32)33)16-12-23-17-11-14(3-4-15(16)17)24-18(28)5-6-20(30)31/h3-4,11-12,21,23H,5-10,13H2,1-2H3,(H,24,28)(H,30,31)(H,32,33)/t21-/m1/s1. The highest BCUT2D eigenvalue weighted by atomic mass is 16.4. The maximum Gasteiger partial charge on any atom is 0.325 e. The number of aromatic amines is 1. The summed E-state index contributed by atoms with van der Waals surface area (Å²) < 4.78 is 0. The van der Waals surface area contributed by atoms with E-state index >= 15 is 0 Å². The number of hydrogen-bond donors (Lipinski definition) is 4. The number of rotatable bonds is 9. The highest BCUT2D eigenvalue weighted by molar-refractivity contribution is 5.96. The predicted octanol–water partition coefficient (Wildman–Crippen LogP) is 0.803. The minimum absolute atomic E-state index is 0.0146. The molecule has 33 heavy (non-hydrogen) atoms. The molecule has 1 aromatic heterocycles. The van der Waals surface area contributed by atoms with Crippen molar-refractivity contribution in [2.75, 3.05) is 52.1 Å². The first-order valence-electron chi connectivity index (χ1n) is 10.7. The summed E-state index contributed by atoms with van der Waals surface area (Å²) >= 11 is 0. The number of amides is 2. The summed E-state index contributed by atoms with van der Waals surface area (Å²) in [6.07, 6.45) is 1.29. The smallest absolute Gasteiger partial charge is 0.325 e. The molecule has 2 heterocycles. The van der Waals surface area contributed by atoms with Crippen LogP contribution in [0.1, 0.15) is 24.4 Å². The molecule has 1 fully saturated rings. The van der Waals surface area contributed by atoms with Gasteiger partial charge in [0.2, 0.25) is 11.8 Å². The van der Waals surface area contributed by atoms with Crippen molar-refractivity contribution in [2.45, 2.75) is 18.9 Å². The van der Waals surface area contributed by atoms with E-state index in [0.717, 1.165) is 5.39 Å². The normalized spacial score (nSPS) is 15.8. The highest BCUT2D eigenvalue weighted by Gasteiger charge is 2.32. The zero-order valence-corrected chi connectivity index (χ0v) is 18.7. The lowest BCUT2D eigenvalue weighted by atomic mass is 10.0. The lowest BCUT2D eigenvalue weighted by molar-refractivity contribution is -0.145. The van der Waals surface area contributed by atoms with Gasteiger partial charge in [-0.1, -0.05) is 6.07 Å². The van der Waals surface area contributed by atoms with Gasteiger partial charge in [0.15, 0.2) is 0 Å². The predicted molar refractivity (Wildman–Crippen MR) is 121 cm³/mol. The number of nitrogens with zero attached hydrogens (tertiary/aromatic N) is 3. The van der Waals surface area contributed by atoms with Crippen molar-refractivity contribution in [2.24, 2.45) is 0 Å². The maximum absolute atomic E-state index is 12.2. The second-order valence-electron chi connectivity index (χ2n) is 8.29. The molecule has 0 unspecified atom stereocenters. The van der Waals surface area contributed by atoms with E-state index < -0.39 is 23.9 Å². The summed E-state index contributed by atoms with van der Waals surface area (Å²) in [4.78, 5) is 55.2. The van der Waals surface area contributed by atoms with Crippen molar-refractivity contribution in [3.8, 4) is 0 Å². The average Bonchev–Trinajstić information content (AvgIpc) is 3.16. The molecule has 0 saturated carbocycles. The molecule has 0 aliphatic carbocycles. The Bertz CT molecular complexity index is 1040. The van der Waals surface area contributed by atoms with Crippen LogP contribution in [0.5, 0.6) is 0 Å². The van der Waals surface area contributed by atoms with E-state index in [1.54, 1.807) is 43.4 Å². The molecule has 1 aliphatic rings. The lowest BCUT2D eigenvalue weighted by Crippen LogP contribution is -2.51. The van der Waals surface area contributed by atoms with Crippen LogP contribution in [0.25, 0.3) is 10.9 Å². The van der Waals surface area contributed by atoms with Gasteiger partial charge in [0.25, 0.3) is 0 Å². The molecule has 0 bridgehead atoms. The number of aliphatic carboxylic acids is 2. The number of fused-ring (bicyclic) bond motifs is 1. The summed E-state index contributed by atoms with van der Waals surface area (Å²) in [5.74, 6) is -2.39. The van der Waals surface area contributed by atoms with Crippen molar-refractivity contribution in [1.82, 2.24) is 19.7 Å². The Labute approximate surface area is 190 Å². The Balaban J connectivity index is 1.71. The van der Waals surface area contributed by atoms with Crippen molar-refractivity contribution >= 4 is 40.3 Å². The number of carboxylic acid groups (broad SMARTS) is 2. The Morgan fingerprint density at radius 2 is 1.79 bits per heavy atom. The first-order valence-corrected chi connectivity index (χ1v) is 10.7. The van der Waals surface area contributed by atoms with E-state index in [0.29, 0.717) is 49.5 Å². The first kappa shape index (κ1) is 24.2. The summed E-state index contributed by atoms with van der Waals surface area (Å²) in [5.41, 5.74) is 1.79. The molecule has 0 radical (unpaired) electrons. The summed E-state index contributed by atoms with van der Waals surface area (Å²) in [5, 5.41) is 22.1. The van der Waals surface area contributed by atoms with Crippen molar-refractivity contribution in [1.29, 1.82) is 0 Å². The van der Waals surface area contributed by atoms with Gasteiger partial charge in [-0.3, -0.25) is 29.0 Å². The van der Waals surface area contributed by atoms with Gasteiger partial charge in [-0.15, -0.1) is 0 Å². The number of nitrogens with one attached hydrogen (secondary N) is 2. The third-order valence-corrected chi connectivity index (χ3v) is 5.72. The molecule has 11 nitrogen and oxygen atoms in total. The van der Waals surface area contributed by atoms with Crippen LogP contribution in [-0.2, 0) is 19.2 Å². The second kappa shape index (κ2) is 10.5. The third kappa shape index (κ3) is 6.08. The van der Waals surface area contributed by atoms with Crippen LogP contribution in [0.15, 0.2) is 24.4 Å². The number of carbonyl (C=O) groups is 4. The quantitative estimate of drug-likeness (QED) is 0.431. The molecule has 2 amide bonds. The van der Waals surface area contributed by atoms with Gasteiger partial charge in [0.05, 0.1) is 13.0 Å². The van der Waals surface area contributed by atoms with E-state index in [-0.39, 0.29) is 18.7 Å². The monoisotopic (exact) mass is 459 g/mol. The lowest BCUT2D eigenvalue weighted by Gasteiger charge is -2.37. The van der Waals surface area contributed by atoms with Crippen molar-refractivity contribution in [3.05, 3.63) is 30.0 Å². The van der Waals surface area contributed by atoms with Gasteiger partial charge < -0.3 is 25.4 Å². The number of carboxylic acids is 2. The van der Waals surface area contributed by atoms with Gasteiger partial charge >= 0.3 is 11.9 Å². The third-order valence-electron chi connectivity index (χ3n) is 5.72. The summed E-state index contributed by atoms with van der Waals surface area (Å²) in [6, 6.07) is 4.26. The van der Waals surface area contributed by atoms with Crippen molar-refractivity contribution < 1.29 is 29.4 Å². The Morgan fingerprint density at radius 1 is 1.09 bits per heavy atom. The summed E-state index contributed by atoms with van der Waals surface area (Å²) in [7, 11) is 3.42. The fourth-order valence-corrected chi connectivity index (χ4v) is 3.89. The number of anilines is 1. The molecule has 11 heteroatoms. The Hall–Kier alpha value is -3.44. The topological polar surface area (TPSA) is 146 Å². The highest BCUT2D eigenvalue weighted by Crippen LogP contribution is 2.31. The number of benzene rings is 1. The molecule has 1 saturated heterocycles. The molecule has 3 rings (SSSR count). The fraction of sp³-hybridized carbons (Fsp3) is 0.455. The van der Waals surface area contributed by atoms with Crippen LogP contribution in [0.4, 0.5) is 5.69 Å². The van der Waals surface area contributed by atoms with Crippen LogP contribution in [0.3, 0.4) is 0 Å². The summed E-state index contributed by atoms with van der Waals surface area (Å²) in [6.45, 7) is 2.53. The van der Waals surface area contributed by atoms with Crippen LogP contribution in [0, 0.1) is 0 Å². The van der Waals surface area contributed by atoms with Crippen LogP contribution in [-0.4, -0.2) is 100 Å². The van der Waals surface area contributed by atoms with E-state index in [9.17, 15) is 24.3 Å². The number of likely N-dealkylation sites (N-methyl/N-ethyl adjacent to an activating group) is 1. The molecule has 2 aromatic rings. The maximum atomic E-state index is 12.2. The molecular formula is C22H29N5O6. The van der Waals surface area contributed by atoms with Crippen LogP contribution < -0.4 is 5.32 Å². The zero-order chi connectivity index (χ0) is 24.1. The SMILES string of the molecule is CN(C)C(=O)CN1CCN([C@@H](C(=O)O)c2c[nH]c3cc(NC(=O)CCC(=O)O)ccc23)CC1. The molecule has 1 aliphatic heterocycles. The van der Waals surface area contributed by atoms with E-state index in [2.05, 4.69) is 10.3 Å².